The molecule has 0 amide bonds. The van der Waals surface area contributed by atoms with Crippen molar-refractivity contribution < 1.29 is 14.9 Å². The van der Waals surface area contributed by atoms with Crippen LogP contribution in [0.25, 0.3) is 0 Å². The summed E-state index contributed by atoms with van der Waals surface area (Å²) in [7, 11) is 0. The topological polar surface area (TPSA) is 112 Å². The van der Waals surface area contributed by atoms with Gasteiger partial charge in [-0.05, 0) is 13.3 Å². The van der Waals surface area contributed by atoms with Crippen molar-refractivity contribution in [3.8, 4) is 0 Å². The van der Waals surface area contributed by atoms with Gasteiger partial charge in [-0.15, -0.1) is 0 Å². The molecule has 2 N–H and O–H groups in total. The first-order valence-electron chi connectivity index (χ1n) is 6.45. The van der Waals surface area contributed by atoms with Crippen molar-refractivity contribution in [3.05, 3.63) is 9.81 Å². The lowest BCUT2D eigenvalue weighted by Crippen LogP contribution is -2.64. The van der Waals surface area contributed by atoms with Gasteiger partial charge in [0.25, 0.3) is 0 Å². The summed E-state index contributed by atoms with van der Waals surface area (Å²) in [5.41, 5.74) is -0.851. The number of aliphatic hydroxyl groups is 2. The van der Waals surface area contributed by atoms with Crippen LogP contribution < -0.4 is 0 Å². The van der Waals surface area contributed by atoms with Gasteiger partial charge in [0.1, 0.15) is 18.2 Å². The van der Waals surface area contributed by atoms with E-state index in [1.807, 2.05) is 6.92 Å². The summed E-state index contributed by atoms with van der Waals surface area (Å²) in [5.74, 6) is 0. The number of hydrogen-bond donors (Lipinski definition) is 2. The summed E-state index contributed by atoms with van der Waals surface area (Å²) in [6.45, 7) is 3.53. The van der Waals surface area contributed by atoms with Gasteiger partial charge in [0.2, 0.25) is 0 Å². The van der Waals surface area contributed by atoms with E-state index < -0.39 is 29.8 Å². The van der Waals surface area contributed by atoms with Crippen molar-refractivity contribution in [1.82, 2.24) is 4.90 Å². The van der Waals surface area contributed by atoms with Crippen LogP contribution in [-0.2, 0) is 4.74 Å². The number of hydrogen-bond acceptors (Lipinski definition) is 8. The minimum Gasteiger partial charge on any atom is -0.389 e. The summed E-state index contributed by atoms with van der Waals surface area (Å²) >= 11 is 0. The molecule has 108 valence electrons. The highest BCUT2D eigenvalue weighted by molar-refractivity contribution is 5.25. The molecule has 1 spiro atoms. The van der Waals surface area contributed by atoms with E-state index in [0.717, 1.165) is 0 Å². The molecule has 8 heteroatoms. The van der Waals surface area contributed by atoms with Crippen LogP contribution in [0.5, 0.6) is 0 Å². The average molecular weight is 273 g/mol. The molecular weight excluding hydrogens is 254 g/mol. The molecule has 2 fully saturated rings. The van der Waals surface area contributed by atoms with Crippen LogP contribution in [0, 0.1) is 9.81 Å². The molecule has 0 aromatic heterocycles. The van der Waals surface area contributed by atoms with Crippen molar-refractivity contribution in [2.75, 3.05) is 26.3 Å². The number of nitroso groups, excluding NO2 is 2. The van der Waals surface area contributed by atoms with Crippen LogP contribution >= 0.6 is 0 Å². The van der Waals surface area contributed by atoms with Gasteiger partial charge in [-0.3, -0.25) is 4.90 Å². The summed E-state index contributed by atoms with van der Waals surface area (Å²) in [6, 6.07) is -1.66. The molecule has 8 nitrogen and oxygen atoms in total. The molecule has 1 aliphatic heterocycles. The van der Waals surface area contributed by atoms with Gasteiger partial charge < -0.3 is 14.9 Å². The van der Waals surface area contributed by atoms with Crippen molar-refractivity contribution >= 4 is 0 Å². The van der Waals surface area contributed by atoms with Crippen LogP contribution in [0.1, 0.15) is 13.3 Å². The summed E-state index contributed by atoms with van der Waals surface area (Å²) < 4.78 is 5.25. The van der Waals surface area contributed by atoms with E-state index in [0.29, 0.717) is 26.2 Å². The van der Waals surface area contributed by atoms with Crippen LogP contribution in [0.4, 0.5) is 0 Å². The molecule has 1 saturated heterocycles. The van der Waals surface area contributed by atoms with Gasteiger partial charge >= 0.3 is 0 Å². The Morgan fingerprint density at radius 3 is 2.63 bits per heavy atom. The predicted octanol–water partition coefficient (Wildman–Crippen LogP) is -0.527. The number of β-amino-alcohol motifs (C(OH)–C–C–N with tert-alkyl or cyclic N) is 1. The Bertz CT molecular complexity index is 355. The van der Waals surface area contributed by atoms with Crippen molar-refractivity contribution in [3.63, 3.8) is 0 Å². The van der Waals surface area contributed by atoms with E-state index in [1.165, 1.54) is 0 Å². The minimum absolute atomic E-state index is 0.187. The lowest BCUT2D eigenvalue weighted by Gasteiger charge is -2.44. The molecule has 2 rings (SSSR count). The molecule has 5 atom stereocenters. The van der Waals surface area contributed by atoms with Gasteiger partial charge in [-0.1, -0.05) is 10.4 Å². The van der Waals surface area contributed by atoms with Crippen LogP contribution in [0.15, 0.2) is 10.4 Å². The maximum absolute atomic E-state index is 10.7. The average Bonchev–Trinajstić information content (AvgIpc) is 3.12. The molecule has 0 aromatic carbocycles. The highest BCUT2D eigenvalue weighted by Crippen LogP contribution is 2.51. The van der Waals surface area contributed by atoms with Crippen LogP contribution in [0.2, 0.25) is 0 Å². The number of aliphatic hydroxyl groups excluding tert-OH is 2. The maximum atomic E-state index is 10.7. The number of nitrogens with zero attached hydrogens (tertiary/aromatic N) is 3. The Hall–Kier alpha value is -0.960. The minimum atomic E-state index is -1.17. The number of ether oxygens (including phenoxy) is 1. The summed E-state index contributed by atoms with van der Waals surface area (Å²) in [6.07, 6.45) is -1.81. The van der Waals surface area contributed by atoms with Gasteiger partial charge in [0.05, 0.1) is 18.2 Å². The van der Waals surface area contributed by atoms with Crippen LogP contribution in [-0.4, -0.2) is 71.2 Å². The van der Waals surface area contributed by atoms with E-state index in [1.54, 1.807) is 4.90 Å². The largest absolute Gasteiger partial charge is 0.389 e. The fraction of sp³-hybridized carbons (Fsp3) is 1.00. The Balaban J connectivity index is 2.13. The Morgan fingerprint density at radius 1 is 1.37 bits per heavy atom. The van der Waals surface area contributed by atoms with E-state index in [9.17, 15) is 20.0 Å². The van der Waals surface area contributed by atoms with Gasteiger partial charge in [0.15, 0.2) is 0 Å². The second kappa shape index (κ2) is 5.58. The molecule has 1 aliphatic carbocycles. The van der Waals surface area contributed by atoms with Crippen molar-refractivity contribution in [2.45, 2.75) is 43.2 Å². The zero-order valence-corrected chi connectivity index (χ0v) is 10.8. The third kappa shape index (κ3) is 2.29. The van der Waals surface area contributed by atoms with Crippen LogP contribution in [0.3, 0.4) is 0 Å². The molecule has 0 bridgehead atoms. The maximum Gasteiger partial charge on any atom is 0.147 e. The number of likely N-dealkylation sites (tertiary alicyclic amines) is 1. The van der Waals surface area contributed by atoms with E-state index in [-0.39, 0.29) is 6.54 Å². The Labute approximate surface area is 110 Å². The second-order valence-corrected chi connectivity index (χ2v) is 5.07. The zero-order valence-electron chi connectivity index (χ0n) is 10.8. The second-order valence-electron chi connectivity index (χ2n) is 5.07. The molecule has 0 aromatic rings. The lowest BCUT2D eigenvalue weighted by atomic mass is 9.89. The summed E-state index contributed by atoms with van der Waals surface area (Å²) in [4.78, 5) is 23.3. The van der Waals surface area contributed by atoms with E-state index >= 15 is 0 Å². The normalized spacial score (nSPS) is 42.3. The molecule has 0 radical (unpaired) electrons. The van der Waals surface area contributed by atoms with Gasteiger partial charge in [-0.2, -0.15) is 9.81 Å². The SMILES string of the molecule is CCOCCN1C[C@H](O)[C@@H](N=O)[C@H](O)C12C[C@H]2N=O. The quantitative estimate of drug-likeness (QED) is 0.497. The summed E-state index contributed by atoms with van der Waals surface area (Å²) in [5, 5.41) is 25.8. The molecule has 1 heterocycles. The number of piperidine rings is 1. The van der Waals surface area contributed by atoms with Gasteiger partial charge in [-0.25, -0.2) is 0 Å². The fourth-order valence-electron chi connectivity index (χ4n) is 2.98. The standard InChI is InChI=1S/C11H19N3O5/c1-2-19-4-3-14-6-7(15)9(13-18)10(16)11(14)5-8(11)12-17/h7-10,15-16H,2-6H2,1H3/t7-,8+,9+,10-,11?/m0/s1. The molecule has 2 aliphatic rings. The fourth-order valence-corrected chi connectivity index (χ4v) is 2.98. The molecule has 1 unspecified atom stereocenters. The molecule has 1 saturated carbocycles. The molecular formula is C11H19N3O5. The smallest absolute Gasteiger partial charge is 0.147 e. The predicted molar refractivity (Wildman–Crippen MR) is 66.6 cm³/mol. The van der Waals surface area contributed by atoms with Crippen molar-refractivity contribution in [2.24, 2.45) is 10.4 Å². The highest BCUT2D eigenvalue weighted by atomic mass is 16.5. The van der Waals surface area contributed by atoms with Crippen molar-refractivity contribution in [1.29, 1.82) is 0 Å². The van der Waals surface area contributed by atoms with Gasteiger partial charge in [0, 0.05) is 19.7 Å². The third-order valence-electron chi connectivity index (χ3n) is 4.12. The zero-order chi connectivity index (χ0) is 14.0. The Morgan fingerprint density at radius 2 is 2.11 bits per heavy atom. The Kier molecular flexibility index (Phi) is 4.24. The molecule has 19 heavy (non-hydrogen) atoms. The first-order chi connectivity index (χ1) is 9.11. The third-order valence-corrected chi connectivity index (χ3v) is 4.12. The lowest BCUT2D eigenvalue weighted by molar-refractivity contribution is -0.0847. The first-order valence-corrected chi connectivity index (χ1v) is 6.45. The van der Waals surface area contributed by atoms with E-state index in [4.69, 9.17) is 4.74 Å². The first kappa shape index (κ1) is 14.4. The monoisotopic (exact) mass is 273 g/mol. The van der Waals surface area contributed by atoms with E-state index in [2.05, 4.69) is 10.4 Å². The highest BCUT2D eigenvalue weighted by Gasteiger charge is 2.69. The number of rotatable bonds is 6.